The Bertz CT molecular complexity index is 525. The lowest BCUT2D eigenvalue weighted by molar-refractivity contribution is -0.274. The maximum absolute atomic E-state index is 12.2. The van der Waals surface area contributed by atoms with Crippen LogP contribution in [0.25, 0.3) is 0 Å². The summed E-state index contributed by atoms with van der Waals surface area (Å²) < 4.78 is 45.1. The van der Waals surface area contributed by atoms with Crippen molar-refractivity contribution in [2.45, 2.75) is 26.1 Å². The predicted molar refractivity (Wildman–Crippen MR) is 65.0 cm³/mol. The smallest absolute Gasteiger partial charge is 0.478 e. The van der Waals surface area contributed by atoms with E-state index in [0.29, 0.717) is 5.56 Å². The van der Waals surface area contributed by atoms with Gasteiger partial charge >= 0.3 is 18.3 Å². The molecular weight excluding hydrogens is 293 g/mol. The lowest BCUT2D eigenvalue weighted by Gasteiger charge is -2.12. The van der Waals surface area contributed by atoms with Crippen molar-refractivity contribution in [2.75, 3.05) is 6.61 Å². The van der Waals surface area contributed by atoms with E-state index in [0.717, 1.165) is 12.1 Å². The van der Waals surface area contributed by atoms with Gasteiger partial charge in [0.05, 0.1) is 6.61 Å². The maximum Gasteiger partial charge on any atom is 0.573 e. The number of esters is 1. The van der Waals surface area contributed by atoms with Crippen molar-refractivity contribution in [1.29, 1.82) is 0 Å². The van der Waals surface area contributed by atoms with Gasteiger partial charge in [0.25, 0.3) is 0 Å². The molecule has 1 aromatic rings. The van der Waals surface area contributed by atoms with Crippen molar-refractivity contribution < 1.29 is 37.3 Å². The molecular formula is C13H13F3O5. The molecule has 0 aliphatic rings. The topological polar surface area (TPSA) is 72.8 Å². The van der Waals surface area contributed by atoms with E-state index in [1.807, 2.05) is 0 Å². The molecule has 0 spiro atoms. The van der Waals surface area contributed by atoms with Crippen molar-refractivity contribution in [3.8, 4) is 5.75 Å². The minimum Gasteiger partial charge on any atom is -0.478 e. The molecule has 21 heavy (non-hydrogen) atoms. The summed E-state index contributed by atoms with van der Waals surface area (Å²) in [6.07, 6.45) is -4.90. The number of aryl methyl sites for hydroxylation is 1. The SMILES string of the molecule is CCOC(=O)CCc1ccc(C(=O)O)c(OC(F)(F)F)c1. The number of aromatic carboxylic acids is 1. The highest BCUT2D eigenvalue weighted by Gasteiger charge is 2.33. The van der Waals surface area contributed by atoms with E-state index in [-0.39, 0.29) is 19.4 Å². The lowest BCUT2D eigenvalue weighted by atomic mass is 10.1. The molecule has 1 rings (SSSR count). The van der Waals surface area contributed by atoms with E-state index < -0.39 is 29.6 Å². The van der Waals surface area contributed by atoms with Crippen molar-refractivity contribution in [1.82, 2.24) is 0 Å². The van der Waals surface area contributed by atoms with Gasteiger partial charge in [-0.2, -0.15) is 0 Å². The first kappa shape index (κ1) is 16.8. The number of carboxylic acid groups (broad SMARTS) is 1. The van der Waals surface area contributed by atoms with Crippen LogP contribution in [0.4, 0.5) is 13.2 Å². The van der Waals surface area contributed by atoms with Crippen LogP contribution in [0, 0.1) is 0 Å². The van der Waals surface area contributed by atoms with Crippen LogP contribution in [-0.4, -0.2) is 30.0 Å². The van der Waals surface area contributed by atoms with Gasteiger partial charge in [-0.15, -0.1) is 13.2 Å². The molecule has 0 aliphatic carbocycles. The Morgan fingerprint density at radius 3 is 2.48 bits per heavy atom. The quantitative estimate of drug-likeness (QED) is 0.818. The van der Waals surface area contributed by atoms with E-state index in [2.05, 4.69) is 4.74 Å². The number of rotatable bonds is 6. The number of hydrogen-bond donors (Lipinski definition) is 1. The summed E-state index contributed by atoms with van der Waals surface area (Å²) in [6.45, 7) is 1.84. The molecule has 0 saturated carbocycles. The first-order chi connectivity index (χ1) is 9.73. The predicted octanol–water partition coefficient (Wildman–Crippen LogP) is 2.78. The van der Waals surface area contributed by atoms with Gasteiger partial charge in [-0.3, -0.25) is 4.79 Å². The molecule has 0 bridgehead atoms. The van der Waals surface area contributed by atoms with Crippen molar-refractivity contribution in [3.05, 3.63) is 29.3 Å². The van der Waals surface area contributed by atoms with Crippen LogP contribution in [0.2, 0.25) is 0 Å². The van der Waals surface area contributed by atoms with E-state index in [1.54, 1.807) is 6.92 Å². The number of carbonyl (C=O) groups is 2. The fourth-order valence-electron chi connectivity index (χ4n) is 1.59. The summed E-state index contributed by atoms with van der Waals surface area (Å²) in [4.78, 5) is 22.0. The van der Waals surface area contributed by atoms with Crippen LogP contribution in [0.3, 0.4) is 0 Å². The van der Waals surface area contributed by atoms with Crippen LogP contribution in [0.15, 0.2) is 18.2 Å². The van der Waals surface area contributed by atoms with Crippen LogP contribution in [0.1, 0.15) is 29.3 Å². The number of hydrogen-bond acceptors (Lipinski definition) is 4. The normalized spacial score (nSPS) is 11.0. The first-order valence-corrected chi connectivity index (χ1v) is 6.00. The molecule has 1 N–H and O–H groups in total. The Hall–Kier alpha value is -2.25. The molecule has 0 unspecified atom stereocenters. The van der Waals surface area contributed by atoms with Gasteiger partial charge in [-0.1, -0.05) is 6.07 Å². The number of benzene rings is 1. The third kappa shape index (κ3) is 5.72. The van der Waals surface area contributed by atoms with Gasteiger partial charge in [0, 0.05) is 6.42 Å². The molecule has 116 valence electrons. The standard InChI is InChI=1S/C13H13F3O5/c1-2-20-11(17)6-4-8-3-5-9(12(18)19)10(7-8)21-13(14,15)16/h3,5,7H,2,4,6H2,1H3,(H,18,19). The zero-order chi connectivity index (χ0) is 16.0. The Balaban J connectivity index is 2.91. The minimum atomic E-state index is -5.00. The zero-order valence-electron chi connectivity index (χ0n) is 11.1. The average Bonchev–Trinajstić information content (AvgIpc) is 2.34. The van der Waals surface area contributed by atoms with E-state index in [9.17, 15) is 22.8 Å². The molecule has 0 saturated heterocycles. The molecule has 0 aromatic heterocycles. The third-order valence-electron chi connectivity index (χ3n) is 2.43. The third-order valence-corrected chi connectivity index (χ3v) is 2.43. The monoisotopic (exact) mass is 306 g/mol. The summed E-state index contributed by atoms with van der Waals surface area (Å²) in [5, 5.41) is 8.82. The Labute approximate surface area is 118 Å². The van der Waals surface area contributed by atoms with Crippen molar-refractivity contribution in [2.24, 2.45) is 0 Å². The number of carbonyl (C=O) groups excluding carboxylic acids is 1. The summed E-state index contributed by atoms with van der Waals surface area (Å²) in [5.74, 6) is -2.83. The lowest BCUT2D eigenvalue weighted by Crippen LogP contribution is -2.19. The first-order valence-electron chi connectivity index (χ1n) is 6.00. The highest BCUT2D eigenvalue weighted by Crippen LogP contribution is 2.28. The molecule has 1 aromatic carbocycles. The second-order valence-electron chi connectivity index (χ2n) is 3.99. The van der Waals surface area contributed by atoms with Gasteiger partial charge in [-0.25, -0.2) is 4.79 Å². The van der Waals surface area contributed by atoms with Gasteiger partial charge in [0.2, 0.25) is 0 Å². The van der Waals surface area contributed by atoms with Gasteiger partial charge in [-0.05, 0) is 31.0 Å². The summed E-state index contributed by atoms with van der Waals surface area (Å²) >= 11 is 0. The number of halogens is 3. The molecule has 0 aliphatic heterocycles. The van der Waals surface area contributed by atoms with Gasteiger partial charge in [0.15, 0.2) is 0 Å². The molecule has 0 radical (unpaired) electrons. The van der Waals surface area contributed by atoms with Crippen LogP contribution < -0.4 is 4.74 Å². The Morgan fingerprint density at radius 1 is 1.29 bits per heavy atom. The summed E-state index contributed by atoms with van der Waals surface area (Å²) in [7, 11) is 0. The summed E-state index contributed by atoms with van der Waals surface area (Å²) in [5.41, 5.74) is -0.264. The van der Waals surface area contributed by atoms with E-state index in [1.165, 1.54) is 6.07 Å². The zero-order valence-corrected chi connectivity index (χ0v) is 11.1. The fraction of sp³-hybridized carbons (Fsp3) is 0.385. The number of alkyl halides is 3. The Kier molecular flexibility index (Phi) is 5.57. The second-order valence-corrected chi connectivity index (χ2v) is 3.99. The minimum absolute atomic E-state index is 0.0221. The number of ether oxygens (including phenoxy) is 2. The Morgan fingerprint density at radius 2 is 1.95 bits per heavy atom. The van der Waals surface area contributed by atoms with Crippen LogP contribution >= 0.6 is 0 Å². The molecule has 0 amide bonds. The summed E-state index contributed by atoms with van der Waals surface area (Å²) in [6, 6.07) is 3.28. The average molecular weight is 306 g/mol. The fourth-order valence-corrected chi connectivity index (χ4v) is 1.59. The van der Waals surface area contributed by atoms with Gasteiger partial charge in [0.1, 0.15) is 11.3 Å². The maximum atomic E-state index is 12.2. The van der Waals surface area contributed by atoms with E-state index in [4.69, 9.17) is 9.84 Å². The highest BCUT2D eigenvalue weighted by molar-refractivity contribution is 5.91. The highest BCUT2D eigenvalue weighted by atomic mass is 19.4. The van der Waals surface area contributed by atoms with Crippen LogP contribution in [0.5, 0.6) is 5.75 Å². The molecule has 0 heterocycles. The van der Waals surface area contributed by atoms with E-state index >= 15 is 0 Å². The largest absolute Gasteiger partial charge is 0.573 e. The molecule has 8 heteroatoms. The number of carboxylic acids is 1. The molecule has 0 atom stereocenters. The molecule has 0 fully saturated rings. The van der Waals surface area contributed by atoms with Gasteiger partial charge < -0.3 is 14.6 Å². The van der Waals surface area contributed by atoms with Crippen molar-refractivity contribution in [3.63, 3.8) is 0 Å². The second kappa shape index (κ2) is 6.96. The molecule has 5 nitrogen and oxygen atoms in total. The van der Waals surface area contributed by atoms with Crippen molar-refractivity contribution >= 4 is 11.9 Å². The van der Waals surface area contributed by atoms with Crippen LogP contribution in [-0.2, 0) is 16.0 Å².